The van der Waals surface area contributed by atoms with Crippen LogP contribution in [0.1, 0.15) is 28.4 Å². The first-order valence-electron chi connectivity index (χ1n) is 8.63. The number of hydrogen-bond acceptors (Lipinski definition) is 5. The summed E-state index contributed by atoms with van der Waals surface area (Å²) in [7, 11) is 0. The molecule has 0 amide bonds. The Balaban J connectivity index is 1.91. The van der Waals surface area contributed by atoms with Gasteiger partial charge in [0, 0.05) is 5.02 Å². The standard InChI is InChI=1S/C21H13ClN2O4/c1-10-23-19(25)17-15(11-6-8-12(22)9-7-11)16-18(28-20(17)24-10)13-4-2-3-5-14(13)27-21(16)26/h2-9,15H,1H3,(H,23,24,25). The monoisotopic (exact) mass is 392 g/mol. The summed E-state index contributed by atoms with van der Waals surface area (Å²) in [6, 6.07) is 14.1. The zero-order chi connectivity index (χ0) is 19.4. The van der Waals surface area contributed by atoms with E-state index in [9.17, 15) is 9.59 Å². The summed E-state index contributed by atoms with van der Waals surface area (Å²) in [4.78, 5) is 32.8. The summed E-state index contributed by atoms with van der Waals surface area (Å²) in [6.07, 6.45) is 0. The number of fused-ring (bicyclic) bond motifs is 4. The molecule has 0 saturated carbocycles. The van der Waals surface area contributed by atoms with Gasteiger partial charge in [-0.25, -0.2) is 4.79 Å². The van der Waals surface area contributed by atoms with Gasteiger partial charge >= 0.3 is 5.63 Å². The molecular formula is C21H13ClN2O4. The molecule has 28 heavy (non-hydrogen) atoms. The number of aromatic amines is 1. The number of halogens is 1. The third kappa shape index (κ3) is 2.46. The fraction of sp³-hybridized carbons (Fsp3) is 0.0952. The average Bonchev–Trinajstić information content (AvgIpc) is 2.67. The van der Waals surface area contributed by atoms with Gasteiger partial charge in [0.25, 0.3) is 5.56 Å². The number of rotatable bonds is 1. The number of aryl methyl sites for hydroxylation is 1. The number of aromatic nitrogens is 2. The molecule has 1 aliphatic rings. The van der Waals surface area contributed by atoms with Crippen molar-refractivity contribution in [1.29, 1.82) is 0 Å². The highest BCUT2D eigenvalue weighted by atomic mass is 35.5. The molecule has 0 spiro atoms. The van der Waals surface area contributed by atoms with Crippen molar-refractivity contribution in [2.75, 3.05) is 0 Å². The molecule has 1 N–H and O–H groups in total. The lowest BCUT2D eigenvalue weighted by Crippen LogP contribution is -2.28. The van der Waals surface area contributed by atoms with Gasteiger partial charge in [-0.15, -0.1) is 0 Å². The number of nitrogens with zero attached hydrogens (tertiary/aromatic N) is 1. The molecule has 1 aliphatic heterocycles. The second-order valence-electron chi connectivity index (χ2n) is 6.59. The van der Waals surface area contributed by atoms with Crippen LogP contribution in [0.15, 0.2) is 62.5 Å². The van der Waals surface area contributed by atoms with Crippen LogP contribution >= 0.6 is 11.6 Å². The van der Waals surface area contributed by atoms with Gasteiger partial charge in [-0.1, -0.05) is 35.9 Å². The van der Waals surface area contributed by atoms with Crippen LogP contribution in [0.3, 0.4) is 0 Å². The summed E-state index contributed by atoms with van der Waals surface area (Å²) in [5.41, 5.74) is 0.743. The van der Waals surface area contributed by atoms with Crippen LogP contribution in [0.2, 0.25) is 5.02 Å². The Kier molecular flexibility index (Phi) is 3.64. The van der Waals surface area contributed by atoms with Crippen molar-refractivity contribution in [3.05, 3.63) is 96.8 Å². The summed E-state index contributed by atoms with van der Waals surface area (Å²) >= 11 is 6.03. The molecule has 2 aromatic carbocycles. The third-order valence-electron chi connectivity index (χ3n) is 4.82. The lowest BCUT2D eigenvalue weighted by atomic mass is 9.84. The number of nitrogens with one attached hydrogen (secondary N) is 1. The predicted molar refractivity (Wildman–Crippen MR) is 105 cm³/mol. The molecule has 7 heteroatoms. The Morgan fingerprint density at radius 3 is 2.57 bits per heavy atom. The molecular weight excluding hydrogens is 380 g/mol. The van der Waals surface area contributed by atoms with Crippen molar-refractivity contribution >= 4 is 22.6 Å². The fourth-order valence-corrected chi connectivity index (χ4v) is 3.75. The smallest absolute Gasteiger partial charge is 0.344 e. The van der Waals surface area contributed by atoms with E-state index in [-0.39, 0.29) is 22.6 Å². The van der Waals surface area contributed by atoms with E-state index in [1.54, 1.807) is 49.4 Å². The predicted octanol–water partition coefficient (Wildman–Crippen LogP) is 4.12. The van der Waals surface area contributed by atoms with Gasteiger partial charge in [0.05, 0.1) is 22.4 Å². The Morgan fingerprint density at radius 1 is 1.04 bits per heavy atom. The number of ether oxygens (including phenoxy) is 1. The molecule has 1 unspecified atom stereocenters. The second kappa shape index (κ2) is 6.07. The molecule has 1 atom stereocenters. The van der Waals surface area contributed by atoms with Gasteiger partial charge in [0.1, 0.15) is 11.4 Å². The number of para-hydroxylation sites is 1. The number of H-pyrrole nitrogens is 1. The Morgan fingerprint density at radius 2 is 1.79 bits per heavy atom. The minimum atomic E-state index is -0.686. The molecule has 2 aromatic heterocycles. The zero-order valence-corrected chi connectivity index (χ0v) is 15.4. The largest absolute Gasteiger partial charge is 0.437 e. The van der Waals surface area contributed by atoms with E-state index in [1.165, 1.54) is 0 Å². The highest BCUT2D eigenvalue weighted by Crippen LogP contribution is 2.46. The Hall–Kier alpha value is -3.38. The van der Waals surface area contributed by atoms with Gasteiger partial charge in [-0.2, -0.15) is 4.98 Å². The van der Waals surface area contributed by atoms with Crippen molar-refractivity contribution in [3.8, 4) is 11.6 Å². The van der Waals surface area contributed by atoms with Gasteiger partial charge in [-0.05, 0) is 36.8 Å². The van der Waals surface area contributed by atoms with Crippen molar-refractivity contribution in [2.45, 2.75) is 12.8 Å². The molecule has 4 aromatic rings. The highest BCUT2D eigenvalue weighted by Gasteiger charge is 2.37. The maximum Gasteiger partial charge on any atom is 0.344 e. The van der Waals surface area contributed by atoms with Crippen molar-refractivity contribution in [2.24, 2.45) is 0 Å². The normalized spacial score (nSPS) is 15.0. The zero-order valence-electron chi connectivity index (χ0n) is 14.7. The SMILES string of the molecule is Cc1nc2c(c(=O)[nH]1)C(c1ccc(Cl)cc1)c1c(c3ccccc3oc1=O)O2. The van der Waals surface area contributed by atoms with Gasteiger partial charge < -0.3 is 14.1 Å². The lowest BCUT2D eigenvalue weighted by Gasteiger charge is -2.26. The first-order valence-corrected chi connectivity index (χ1v) is 9.00. The third-order valence-corrected chi connectivity index (χ3v) is 5.07. The average molecular weight is 393 g/mol. The van der Waals surface area contributed by atoms with E-state index >= 15 is 0 Å². The molecule has 6 nitrogen and oxygen atoms in total. The van der Waals surface area contributed by atoms with Gasteiger partial charge in [0.15, 0.2) is 5.75 Å². The molecule has 0 bridgehead atoms. The van der Waals surface area contributed by atoms with E-state index in [4.69, 9.17) is 20.8 Å². The molecule has 5 rings (SSSR count). The summed E-state index contributed by atoms with van der Waals surface area (Å²) < 4.78 is 11.5. The number of benzene rings is 2. The molecule has 0 fully saturated rings. The van der Waals surface area contributed by atoms with Crippen molar-refractivity contribution in [3.63, 3.8) is 0 Å². The van der Waals surface area contributed by atoms with E-state index in [0.29, 0.717) is 33.1 Å². The highest BCUT2D eigenvalue weighted by molar-refractivity contribution is 6.30. The minimum absolute atomic E-state index is 0.185. The minimum Gasteiger partial charge on any atom is -0.437 e. The first kappa shape index (κ1) is 16.8. The maximum atomic E-state index is 12.9. The van der Waals surface area contributed by atoms with E-state index in [1.807, 2.05) is 6.07 Å². The Labute approximate surface area is 163 Å². The molecule has 0 radical (unpaired) electrons. The van der Waals surface area contributed by atoms with Crippen LogP contribution < -0.4 is 15.9 Å². The summed E-state index contributed by atoms with van der Waals surface area (Å²) in [5, 5.41) is 1.19. The maximum absolute atomic E-state index is 12.9. The van der Waals surface area contributed by atoms with Crippen LogP contribution in [0.5, 0.6) is 11.6 Å². The fourth-order valence-electron chi connectivity index (χ4n) is 3.63. The topological polar surface area (TPSA) is 85.2 Å². The van der Waals surface area contributed by atoms with Gasteiger partial charge in [-0.3, -0.25) is 4.79 Å². The second-order valence-corrected chi connectivity index (χ2v) is 7.02. The van der Waals surface area contributed by atoms with Crippen LogP contribution in [-0.4, -0.2) is 9.97 Å². The van der Waals surface area contributed by atoms with E-state index in [0.717, 1.165) is 0 Å². The first-order chi connectivity index (χ1) is 13.5. The quantitative estimate of drug-likeness (QED) is 0.434. The molecule has 3 heterocycles. The Bertz CT molecular complexity index is 1360. The van der Waals surface area contributed by atoms with Crippen LogP contribution in [0.4, 0.5) is 0 Å². The van der Waals surface area contributed by atoms with Crippen molar-refractivity contribution in [1.82, 2.24) is 9.97 Å². The van der Waals surface area contributed by atoms with Crippen LogP contribution in [0, 0.1) is 6.92 Å². The lowest BCUT2D eigenvalue weighted by molar-refractivity contribution is 0.419. The molecule has 0 saturated heterocycles. The van der Waals surface area contributed by atoms with Crippen LogP contribution in [-0.2, 0) is 0 Å². The van der Waals surface area contributed by atoms with Gasteiger partial charge in [0.2, 0.25) is 5.88 Å². The van der Waals surface area contributed by atoms with Crippen LogP contribution in [0.25, 0.3) is 11.0 Å². The summed E-state index contributed by atoms with van der Waals surface area (Å²) in [5.74, 6) is 0.282. The van der Waals surface area contributed by atoms with E-state index < -0.39 is 11.5 Å². The molecule has 138 valence electrons. The summed E-state index contributed by atoms with van der Waals surface area (Å²) in [6.45, 7) is 1.68. The molecule has 0 aliphatic carbocycles. The van der Waals surface area contributed by atoms with E-state index in [2.05, 4.69) is 9.97 Å². The number of hydrogen-bond donors (Lipinski definition) is 1. The van der Waals surface area contributed by atoms with Crippen molar-refractivity contribution < 1.29 is 9.15 Å².